The van der Waals surface area contributed by atoms with Crippen LogP contribution in [0.1, 0.15) is 47.6 Å². The molecular formula is C19H24N4S. The molecule has 0 amide bonds. The number of hydrogen-bond donors (Lipinski definition) is 1. The summed E-state index contributed by atoms with van der Waals surface area (Å²) < 4.78 is 1.84. The van der Waals surface area contributed by atoms with Crippen LogP contribution in [0.3, 0.4) is 0 Å². The van der Waals surface area contributed by atoms with Gasteiger partial charge in [-0.3, -0.25) is 4.68 Å². The molecule has 1 aromatic carbocycles. The normalized spacial score (nSPS) is 13.9. The zero-order valence-corrected chi connectivity index (χ0v) is 15.7. The van der Waals surface area contributed by atoms with Gasteiger partial charge in [-0.05, 0) is 27.7 Å². The summed E-state index contributed by atoms with van der Waals surface area (Å²) in [5, 5.41) is 9.00. The molecule has 5 heteroatoms. The van der Waals surface area contributed by atoms with Crippen molar-refractivity contribution < 1.29 is 0 Å². The molecule has 0 bridgehead atoms. The topological polar surface area (TPSA) is 42.7 Å². The van der Waals surface area contributed by atoms with E-state index in [1.54, 1.807) is 11.3 Å². The molecule has 0 fully saturated rings. The minimum absolute atomic E-state index is 0.247. The molecule has 0 aliphatic rings. The second-order valence-electron chi connectivity index (χ2n) is 6.39. The van der Waals surface area contributed by atoms with Crippen molar-refractivity contribution in [2.45, 2.75) is 39.8 Å². The number of nitrogens with zero attached hydrogens (tertiary/aromatic N) is 3. The Hall–Kier alpha value is -1.98. The Labute approximate surface area is 147 Å². The van der Waals surface area contributed by atoms with Crippen LogP contribution >= 0.6 is 11.3 Å². The second kappa shape index (κ2) is 6.87. The van der Waals surface area contributed by atoms with E-state index in [0.717, 1.165) is 10.7 Å². The van der Waals surface area contributed by atoms with Crippen LogP contribution in [0.4, 0.5) is 0 Å². The molecule has 0 saturated carbocycles. The Morgan fingerprint density at radius 2 is 1.79 bits per heavy atom. The van der Waals surface area contributed by atoms with E-state index < -0.39 is 0 Å². The van der Waals surface area contributed by atoms with Crippen LogP contribution < -0.4 is 5.32 Å². The lowest BCUT2D eigenvalue weighted by atomic mass is 10.1. The molecule has 4 nitrogen and oxygen atoms in total. The van der Waals surface area contributed by atoms with Crippen molar-refractivity contribution >= 4 is 11.3 Å². The van der Waals surface area contributed by atoms with Gasteiger partial charge in [0.05, 0.1) is 11.9 Å². The van der Waals surface area contributed by atoms with Crippen LogP contribution in [-0.2, 0) is 7.05 Å². The summed E-state index contributed by atoms with van der Waals surface area (Å²) in [5.74, 6) is 0. The van der Waals surface area contributed by atoms with Gasteiger partial charge in [-0.15, -0.1) is 11.3 Å². The van der Waals surface area contributed by atoms with Gasteiger partial charge < -0.3 is 5.32 Å². The summed E-state index contributed by atoms with van der Waals surface area (Å²) in [6, 6.07) is 9.06. The first-order valence-corrected chi connectivity index (χ1v) is 9.04. The zero-order chi connectivity index (χ0) is 17.3. The fourth-order valence-electron chi connectivity index (χ4n) is 2.84. The van der Waals surface area contributed by atoms with Crippen molar-refractivity contribution in [3.63, 3.8) is 0 Å². The van der Waals surface area contributed by atoms with Gasteiger partial charge in [0.15, 0.2) is 0 Å². The van der Waals surface area contributed by atoms with Gasteiger partial charge in [0.25, 0.3) is 0 Å². The average Bonchev–Trinajstić information content (AvgIpc) is 3.14. The minimum Gasteiger partial charge on any atom is -0.303 e. The largest absolute Gasteiger partial charge is 0.303 e. The molecular weight excluding hydrogens is 316 g/mol. The molecule has 2 heterocycles. The van der Waals surface area contributed by atoms with E-state index in [0.29, 0.717) is 0 Å². The lowest BCUT2D eigenvalue weighted by Gasteiger charge is -2.18. The van der Waals surface area contributed by atoms with Gasteiger partial charge in [0, 0.05) is 41.3 Å². The molecule has 0 spiro atoms. The molecule has 126 valence electrons. The number of aryl methyl sites for hydroxylation is 3. The Balaban J connectivity index is 1.77. The Kier molecular flexibility index (Phi) is 4.83. The SMILES string of the molecule is Cc1ccc(-c2nc(C)c(C(C)NC(C)c3cnn(C)c3)s2)cc1. The molecule has 0 saturated heterocycles. The van der Waals surface area contributed by atoms with E-state index in [4.69, 9.17) is 4.98 Å². The third kappa shape index (κ3) is 3.57. The van der Waals surface area contributed by atoms with Gasteiger partial charge in [-0.25, -0.2) is 4.98 Å². The Bertz CT molecular complexity index is 816. The lowest BCUT2D eigenvalue weighted by molar-refractivity contribution is 0.498. The molecule has 2 aromatic heterocycles. The highest BCUT2D eigenvalue weighted by atomic mass is 32.1. The molecule has 2 atom stereocenters. The van der Waals surface area contributed by atoms with E-state index >= 15 is 0 Å². The van der Waals surface area contributed by atoms with Gasteiger partial charge in [0.1, 0.15) is 5.01 Å². The van der Waals surface area contributed by atoms with E-state index in [-0.39, 0.29) is 12.1 Å². The maximum absolute atomic E-state index is 4.78. The van der Waals surface area contributed by atoms with Crippen LogP contribution in [0, 0.1) is 13.8 Å². The highest BCUT2D eigenvalue weighted by molar-refractivity contribution is 7.15. The fraction of sp³-hybridized carbons (Fsp3) is 0.368. The van der Waals surface area contributed by atoms with Crippen molar-refractivity contribution in [3.8, 4) is 10.6 Å². The van der Waals surface area contributed by atoms with Crippen LogP contribution in [-0.4, -0.2) is 14.8 Å². The first-order chi connectivity index (χ1) is 11.4. The molecule has 3 aromatic rings. The summed E-state index contributed by atoms with van der Waals surface area (Å²) in [4.78, 5) is 6.07. The van der Waals surface area contributed by atoms with Crippen molar-refractivity contribution in [3.05, 3.63) is 58.4 Å². The van der Waals surface area contributed by atoms with Crippen molar-refractivity contribution in [2.75, 3.05) is 0 Å². The van der Waals surface area contributed by atoms with Crippen LogP contribution in [0.2, 0.25) is 0 Å². The maximum Gasteiger partial charge on any atom is 0.123 e. The molecule has 0 radical (unpaired) electrons. The smallest absolute Gasteiger partial charge is 0.123 e. The predicted octanol–water partition coefficient (Wildman–Crippen LogP) is 4.57. The first kappa shape index (κ1) is 16.9. The highest BCUT2D eigenvalue weighted by Crippen LogP contribution is 2.32. The maximum atomic E-state index is 4.78. The molecule has 2 unspecified atom stereocenters. The first-order valence-electron chi connectivity index (χ1n) is 8.23. The standard InChI is InChI=1S/C19H24N4S/c1-12-6-8-16(9-7-12)19-22-15(4)18(24-19)14(3)21-13(2)17-10-20-23(5)11-17/h6-11,13-14,21H,1-5H3. The van der Waals surface area contributed by atoms with Crippen molar-refractivity contribution in [1.82, 2.24) is 20.1 Å². The summed E-state index contributed by atoms with van der Waals surface area (Å²) in [6.07, 6.45) is 3.98. The van der Waals surface area contributed by atoms with E-state index in [1.165, 1.54) is 21.6 Å². The number of nitrogens with one attached hydrogen (secondary N) is 1. The summed E-state index contributed by atoms with van der Waals surface area (Å²) in [6.45, 7) is 8.57. The van der Waals surface area contributed by atoms with Gasteiger partial charge in [-0.1, -0.05) is 29.8 Å². The van der Waals surface area contributed by atoms with E-state index in [9.17, 15) is 0 Å². The Morgan fingerprint density at radius 3 is 2.42 bits per heavy atom. The van der Waals surface area contributed by atoms with Gasteiger partial charge in [-0.2, -0.15) is 5.10 Å². The lowest BCUT2D eigenvalue weighted by Crippen LogP contribution is -2.22. The molecule has 0 aliphatic heterocycles. The number of benzene rings is 1. The monoisotopic (exact) mass is 340 g/mol. The third-order valence-electron chi connectivity index (χ3n) is 4.25. The molecule has 1 N–H and O–H groups in total. The summed E-state index contributed by atoms with van der Waals surface area (Å²) in [7, 11) is 1.95. The van der Waals surface area contributed by atoms with Crippen LogP contribution in [0.5, 0.6) is 0 Å². The summed E-state index contributed by atoms with van der Waals surface area (Å²) in [5.41, 5.74) is 4.76. The zero-order valence-electron chi connectivity index (χ0n) is 14.9. The minimum atomic E-state index is 0.247. The second-order valence-corrected chi connectivity index (χ2v) is 7.42. The fourth-order valence-corrected chi connectivity index (χ4v) is 3.92. The molecule has 0 aliphatic carbocycles. The molecule has 24 heavy (non-hydrogen) atoms. The molecule has 3 rings (SSSR count). The van der Waals surface area contributed by atoms with Crippen molar-refractivity contribution in [1.29, 1.82) is 0 Å². The number of aromatic nitrogens is 3. The van der Waals surface area contributed by atoms with E-state index in [1.807, 2.05) is 17.9 Å². The van der Waals surface area contributed by atoms with Gasteiger partial charge in [0.2, 0.25) is 0 Å². The van der Waals surface area contributed by atoms with Crippen molar-refractivity contribution in [2.24, 2.45) is 7.05 Å². The highest BCUT2D eigenvalue weighted by Gasteiger charge is 2.18. The predicted molar refractivity (Wildman–Crippen MR) is 100 cm³/mol. The van der Waals surface area contributed by atoms with Crippen LogP contribution in [0.25, 0.3) is 10.6 Å². The number of hydrogen-bond acceptors (Lipinski definition) is 4. The number of thiazole rings is 1. The van der Waals surface area contributed by atoms with E-state index in [2.05, 4.69) is 68.6 Å². The van der Waals surface area contributed by atoms with Crippen LogP contribution in [0.15, 0.2) is 36.7 Å². The third-order valence-corrected chi connectivity index (χ3v) is 5.64. The Morgan fingerprint density at radius 1 is 1.08 bits per heavy atom. The summed E-state index contributed by atoms with van der Waals surface area (Å²) >= 11 is 1.77. The number of rotatable bonds is 5. The van der Waals surface area contributed by atoms with Gasteiger partial charge >= 0.3 is 0 Å². The quantitative estimate of drug-likeness (QED) is 0.740. The average molecular weight is 340 g/mol.